The minimum atomic E-state index is -0.565. The number of nitrogens with zero attached hydrogens (tertiary/aromatic N) is 3. The fourth-order valence-corrected chi connectivity index (χ4v) is 3.83. The lowest BCUT2D eigenvalue weighted by atomic mass is 9.96. The average Bonchev–Trinajstić information content (AvgIpc) is 2.88. The fraction of sp³-hybridized carbons (Fsp3) is 0.750. The van der Waals surface area contributed by atoms with Crippen LogP contribution in [0.2, 0.25) is 0 Å². The SMILES string of the molecule is CC(C)NC1(C(N)=O)CCC(Sc2ncnn2C)C1. The van der Waals surface area contributed by atoms with Crippen molar-refractivity contribution in [2.24, 2.45) is 12.8 Å². The number of nitrogens with one attached hydrogen (secondary N) is 1. The molecule has 1 amide bonds. The fourth-order valence-electron chi connectivity index (χ4n) is 2.62. The van der Waals surface area contributed by atoms with Gasteiger partial charge >= 0.3 is 0 Å². The molecule has 7 heteroatoms. The topological polar surface area (TPSA) is 85.8 Å². The Balaban J connectivity index is 2.04. The summed E-state index contributed by atoms with van der Waals surface area (Å²) in [5, 5.41) is 8.64. The zero-order chi connectivity index (χ0) is 14.0. The van der Waals surface area contributed by atoms with Crippen LogP contribution in [0, 0.1) is 0 Å². The zero-order valence-electron chi connectivity index (χ0n) is 11.6. The van der Waals surface area contributed by atoms with Gasteiger partial charge in [0, 0.05) is 18.3 Å². The molecule has 0 spiro atoms. The van der Waals surface area contributed by atoms with Gasteiger partial charge in [-0.1, -0.05) is 11.8 Å². The van der Waals surface area contributed by atoms with Crippen molar-refractivity contribution in [3.8, 4) is 0 Å². The predicted molar refractivity (Wildman–Crippen MR) is 74.7 cm³/mol. The van der Waals surface area contributed by atoms with Crippen molar-refractivity contribution in [1.82, 2.24) is 20.1 Å². The molecule has 1 aromatic rings. The number of carbonyl (C=O) groups is 1. The van der Waals surface area contributed by atoms with E-state index in [4.69, 9.17) is 5.73 Å². The first-order valence-electron chi connectivity index (χ1n) is 6.51. The Bertz CT molecular complexity index is 461. The average molecular weight is 283 g/mol. The first kappa shape index (κ1) is 14.3. The molecule has 1 aliphatic rings. The van der Waals surface area contributed by atoms with Crippen molar-refractivity contribution < 1.29 is 4.79 Å². The summed E-state index contributed by atoms with van der Waals surface area (Å²) in [5.41, 5.74) is 5.04. The number of hydrogen-bond donors (Lipinski definition) is 2. The standard InChI is InChI=1S/C12H21N5OS/c1-8(2)16-12(10(13)18)5-4-9(6-12)19-11-14-7-15-17(11)3/h7-9,16H,4-6H2,1-3H3,(H2,13,18). The number of carbonyl (C=O) groups excluding carboxylic acids is 1. The highest BCUT2D eigenvalue weighted by molar-refractivity contribution is 7.99. The molecule has 106 valence electrons. The minimum absolute atomic E-state index is 0.242. The molecule has 2 unspecified atom stereocenters. The largest absolute Gasteiger partial charge is 0.368 e. The van der Waals surface area contributed by atoms with Crippen molar-refractivity contribution in [2.45, 2.75) is 55.1 Å². The van der Waals surface area contributed by atoms with E-state index in [1.54, 1.807) is 22.8 Å². The van der Waals surface area contributed by atoms with E-state index in [2.05, 4.69) is 15.4 Å². The van der Waals surface area contributed by atoms with Crippen molar-refractivity contribution in [3.05, 3.63) is 6.33 Å². The van der Waals surface area contributed by atoms with Gasteiger partial charge < -0.3 is 11.1 Å². The number of amides is 1. The maximum atomic E-state index is 11.8. The second kappa shape index (κ2) is 5.50. The Hall–Kier alpha value is -1.08. The first-order valence-corrected chi connectivity index (χ1v) is 7.39. The number of thioether (sulfide) groups is 1. The molecule has 1 aliphatic carbocycles. The van der Waals surface area contributed by atoms with Crippen LogP contribution in [0.5, 0.6) is 0 Å². The molecular formula is C12H21N5OS. The van der Waals surface area contributed by atoms with Gasteiger partial charge in [-0.2, -0.15) is 5.10 Å². The highest BCUT2D eigenvalue weighted by Crippen LogP contribution is 2.39. The van der Waals surface area contributed by atoms with Crippen LogP contribution in [0.4, 0.5) is 0 Å². The van der Waals surface area contributed by atoms with Gasteiger partial charge in [-0.05, 0) is 33.1 Å². The number of nitrogens with two attached hydrogens (primary N) is 1. The molecule has 1 saturated carbocycles. The summed E-state index contributed by atoms with van der Waals surface area (Å²) in [7, 11) is 1.87. The highest BCUT2D eigenvalue weighted by Gasteiger charge is 2.44. The molecule has 2 atom stereocenters. The van der Waals surface area contributed by atoms with E-state index in [0.717, 1.165) is 24.4 Å². The molecule has 0 saturated heterocycles. The van der Waals surface area contributed by atoms with Gasteiger partial charge in [-0.15, -0.1) is 0 Å². The van der Waals surface area contributed by atoms with Crippen molar-refractivity contribution in [3.63, 3.8) is 0 Å². The Kier molecular flexibility index (Phi) is 4.15. The van der Waals surface area contributed by atoms with E-state index < -0.39 is 5.54 Å². The maximum Gasteiger partial charge on any atom is 0.237 e. The third-order valence-electron chi connectivity index (χ3n) is 3.45. The minimum Gasteiger partial charge on any atom is -0.368 e. The van der Waals surface area contributed by atoms with Crippen LogP contribution < -0.4 is 11.1 Å². The third kappa shape index (κ3) is 3.09. The van der Waals surface area contributed by atoms with Crippen LogP contribution in [-0.2, 0) is 11.8 Å². The zero-order valence-corrected chi connectivity index (χ0v) is 12.4. The van der Waals surface area contributed by atoms with Crippen LogP contribution in [0.3, 0.4) is 0 Å². The third-order valence-corrected chi connectivity index (χ3v) is 4.76. The number of aryl methyl sites for hydroxylation is 1. The summed E-state index contributed by atoms with van der Waals surface area (Å²) in [6.07, 6.45) is 4.04. The van der Waals surface area contributed by atoms with Gasteiger partial charge in [0.15, 0.2) is 5.16 Å². The second-order valence-corrected chi connectivity index (χ2v) is 6.66. The van der Waals surface area contributed by atoms with Crippen molar-refractivity contribution in [2.75, 3.05) is 0 Å². The molecule has 1 fully saturated rings. The summed E-state index contributed by atoms with van der Waals surface area (Å²) < 4.78 is 1.75. The summed E-state index contributed by atoms with van der Waals surface area (Å²) in [6, 6.07) is 0.242. The summed E-state index contributed by atoms with van der Waals surface area (Å²) in [4.78, 5) is 16.0. The monoisotopic (exact) mass is 283 g/mol. The van der Waals surface area contributed by atoms with Gasteiger partial charge in [0.25, 0.3) is 0 Å². The second-order valence-electron chi connectivity index (χ2n) is 5.39. The van der Waals surface area contributed by atoms with E-state index in [0.29, 0.717) is 5.25 Å². The molecule has 1 heterocycles. The summed E-state index contributed by atoms with van der Waals surface area (Å²) >= 11 is 1.67. The summed E-state index contributed by atoms with van der Waals surface area (Å²) in [6.45, 7) is 4.07. The Morgan fingerprint density at radius 1 is 1.68 bits per heavy atom. The van der Waals surface area contributed by atoms with E-state index in [1.807, 2.05) is 20.9 Å². The molecule has 0 aliphatic heterocycles. The normalized spacial score (nSPS) is 27.1. The van der Waals surface area contributed by atoms with Gasteiger partial charge in [-0.3, -0.25) is 4.79 Å². The molecular weight excluding hydrogens is 262 g/mol. The van der Waals surface area contributed by atoms with E-state index in [1.165, 1.54) is 0 Å². The van der Waals surface area contributed by atoms with Gasteiger partial charge in [-0.25, -0.2) is 9.67 Å². The molecule has 0 bridgehead atoms. The van der Waals surface area contributed by atoms with Crippen LogP contribution in [0.25, 0.3) is 0 Å². The lowest BCUT2D eigenvalue weighted by molar-refractivity contribution is -0.124. The Morgan fingerprint density at radius 2 is 2.42 bits per heavy atom. The quantitative estimate of drug-likeness (QED) is 0.830. The lowest BCUT2D eigenvalue weighted by Crippen LogP contribution is -2.56. The molecule has 3 N–H and O–H groups in total. The van der Waals surface area contributed by atoms with Crippen molar-refractivity contribution in [1.29, 1.82) is 0 Å². The first-order chi connectivity index (χ1) is 8.93. The molecule has 2 rings (SSSR count). The molecule has 6 nitrogen and oxygen atoms in total. The predicted octanol–water partition coefficient (Wildman–Crippen LogP) is 0.682. The number of primary amides is 1. The molecule has 19 heavy (non-hydrogen) atoms. The van der Waals surface area contributed by atoms with E-state index in [9.17, 15) is 4.79 Å². The Morgan fingerprint density at radius 3 is 2.95 bits per heavy atom. The summed E-state index contributed by atoms with van der Waals surface area (Å²) in [5.74, 6) is -0.248. The number of rotatable bonds is 5. The number of aromatic nitrogens is 3. The van der Waals surface area contributed by atoms with E-state index >= 15 is 0 Å². The van der Waals surface area contributed by atoms with Crippen molar-refractivity contribution >= 4 is 17.7 Å². The van der Waals surface area contributed by atoms with Gasteiger partial charge in [0.2, 0.25) is 5.91 Å². The molecule has 1 aromatic heterocycles. The highest BCUT2D eigenvalue weighted by atomic mass is 32.2. The van der Waals surface area contributed by atoms with Gasteiger partial charge in [0.05, 0.1) is 5.54 Å². The number of hydrogen-bond acceptors (Lipinski definition) is 5. The van der Waals surface area contributed by atoms with Crippen LogP contribution >= 0.6 is 11.8 Å². The molecule has 0 aromatic carbocycles. The van der Waals surface area contributed by atoms with Crippen LogP contribution in [0.15, 0.2) is 11.5 Å². The maximum absolute atomic E-state index is 11.8. The molecule has 0 radical (unpaired) electrons. The van der Waals surface area contributed by atoms with E-state index in [-0.39, 0.29) is 11.9 Å². The lowest BCUT2D eigenvalue weighted by Gasteiger charge is -2.29. The van der Waals surface area contributed by atoms with Crippen LogP contribution in [-0.4, -0.2) is 37.5 Å². The van der Waals surface area contributed by atoms with Gasteiger partial charge in [0.1, 0.15) is 6.33 Å². The Labute approximate surface area is 117 Å². The van der Waals surface area contributed by atoms with Crippen LogP contribution in [0.1, 0.15) is 33.1 Å². The smallest absolute Gasteiger partial charge is 0.237 e.